The molecule has 0 spiro atoms. The first-order valence-corrected chi connectivity index (χ1v) is 12.3. The SMILES string of the molecule is N#Cc1ccc(Cn2cncc2CC(=O)N[C@H]2CCN(c3ccc(Br)c4ccc(O)cc34)C2=O)cc1F. The normalized spacial score (nSPS) is 15.2. The summed E-state index contributed by atoms with van der Waals surface area (Å²) in [5.41, 5.74) is 1.88. The van der Waals surface area contributed by atoms with Gasteiger partial charge in [-0.25, -0.2) is 9.37 Å². The number of imidazole rings is 1. The van der Waals surface area contributed by atoms with Crippen molar-refractivity contribution < 1.29 is 19.1 Å². The Labute approximate surface area is 220 Å². The highest BCUT2D eigenvalue weighted by Crippen LogP contribution is 2.36. The van der Waals surface area contributed by atoms with Crippen molar-refractivity contribution in [1.29, 1.82) is 5.26 Å². The third-order valence-corrected chi connectivity index (χ3v) is 7.09. The molecule has 0 unspecified atom stereocenters. The minimum absolute atomic E-state index is 0.00235. The number of carbonyl (C=O) groups is 2. The summed E-state index contributed by atoms with van der Waals surface area (Å²) in [7, 11) is 0. The molecule has 5 rings (SSSR count). The van der Waals surface area contributed by atoms with Crippen molar-refractivity contribution in [2.75, 3.05) is 11.4 Å². The van der Waals surface area contributed by atoms with Crippen LogP contribution in [-0.4, -0.2) is 39.1 Å². The van der Waals surface area contributed by atoms with Crippen molar-refractivity contribution in [3.8, 4) is 11.8 Å². The van der Waals surface area contributed by atoms with Gasteiger partial charge >= 0.3 is 0 Å². The van der Waals surface area contributed by atoms with Gasteiger partial charge in [-0.3, -0.25) is 9.59 Å². The average molecular weight is 562 g/mol. The van der Waals surface area contributed by atoms with Crippen LogP contribution in [0.4, 0.5) is 10.1 Å². The molecular formula is C27H21BrFN5O3. The molecule has 3 aromatic carbocycles. The highest BCUT2D eigenvalue weighted by molar-refractivity contribution is 9.10. The van der Waals surface area contributed by atoms with Gasteiger partial charge < -0.3 is 19.9 Å². The van der Waals surface area contributed by atoms with E-state index in [2.05, 4.69) is 26.2 Å². The van der Waals surface area contributed by atoms with E-state index in [1.165, 1.54) is 12.1 Å². The Hall–Kier alpha value is -4.23. The van der Waals surface area contributed by atoms with Gasteiger partial charge in [-0.1, -0.05) is 22.0 Å². The van der Waals surface area contributed by atoms with Crippen LogP contribution in [0.2, 0.25) is 0 Å². The maximum Gasteiger partial charge on any atom is 0.249 e. The Bertz CT molecular complexity index is 1580. The fraction of sp³-hybridized carbons (Fsp3) is 0.185. The van der Waals surface area contributed by atoms with Gasteiger partial charge in [0.2, 0.25) is 11.8 Å². The molecule has 0 saturated carbocycles. The number of benzene rings is 3. The van der Waals surface area contributed by atoms with E-state index in [9.17, 15) is 19.1 Å². The Morgan fingerprint density at radius 2 is 2.05 bits per heavy atom. The van der Waals surface area contributed by atoms with E-state index >= 15 is 0 Å². The van der Waals surface area contributed by atoms with Gasteiger partial charge in [-0.2, -0.15) is 5.26 Å². The Balaban J connectivity index is 1.27. The van der Waals surface area contributed by atoms with Crippen LogP contribution in [0.15, 0.2) is 65.5 Å². The van der Waals surface area contributed by atoms with Crippen molar-refractivity contribution in [2.24, 2.45) is 0 Å². The molecule has 186 valence electrons. The molecular weight excluding hydrogens is 541 g/mol. The minimum Gasteiger partial charge on any atom is -0.508 e. The average Bonchev–Trinajstić information content (AvgIpc) is 3.45. The van der Waals surface area contributed by atoms with Gasteiger partial charge in [0.15, 0.2) is 0 Å². The van der Waals surface area contributed by atoms with E-state index in [-0.39, 0.29) is 36.1 Å². The number of fused-ring (bicyclic) bond motifs is 1. The summed E-state index contributed by atoms with van der Waals surface area (Å²) in [6.45, 7) is 0.712. The fourth-order valence-electron chi connectivity index (χ4n) is 4.56. The summed E-state index contributed by atoms with van der Waals surface area (Å²) in [4.78, 5) is 31.8. The summed E-state index contributed by atoms with van der Waals surface area (Å²) >= 11 is 3.51. The zero-order valence-electron chi connectivity index (χ0n) is 19.5. The highest BCUT2D eigenvalue weighted by atomic mass is 79.9. The largest absolute Gasteiger partial charge is 0.508 e. The number of phenolic OH excluding ortho intramolecular Hbond substituents is 1. The lowest BCUT2D eigenvalue weighted by atomic mass is 10.1. The summed E-state index contributed by atoms with van der Waals surface area (Å²) in [6, 6.07) is 14.2. The van der Waals surface area contributed by atoms with Crippen molar-refractivity contribution in [3.05, 3.63) is 88.2 Å². The molecule has 1 atom stereocenters. The molecule has 2 heterocycles. The van der Waals surface area contributed by atoms with E-state index in [4.69, 9.17) is 5.26 Å². The zero-order chi connectivity index (χ0) is 26.1. The summed E-state index contributed by atoms with van der Waals surface area (Å²) in [5.74, 6) is -1.05. The standard InChI is InChI=1S/C27H21BrFN5O3/c28-22-5-6-25(21-11-19(35)3-4-20(21)22)34-8-7-24(27(34)37)32-26(36)10-18-13-31-15-33(18)14-16-1-2-17(12-30)23(29)9-16/h1-6,9,11,13,15,24,35H,7-8,10,14H2,(H,32,36)/t24-/m0/s1. The maximum absolute atomic E-state index is 14.0. The number of aromatic hydroxyl groups is 1. The van der Waals surface area contributed by atoms with Gasteiger partial charge in [0.25, 0.3) is 0 Å². The van der Waals surface area contributed by atoms with E-state index in [0.29, 0.717) is 29.9 Å². The molecule has 37 heavy (non-hydrogen) atoms. The number of aromatic nitrogens is 2. The second kappa shape index (κ2) is 10.0. The van der Waals surface area contributed by atoms with E-state index in [1.807, 2.05) is 12.1 Å². The topological polar surface area (TPSA) is 111 Å². The van der Waals surface area contributed by atoms with Crippen LogP contribution >= 0.6 is 15.9 Å². The van der Waals surface area contributed by atoms with Gasteiger partial charge in [0.1, 0.15) is 23.7 Å². The van der Waals surface area contributed by atoms with Crippen molar-refractivity contribution in [2.45, 2.75) is 25.4 Å². The van der Waals surface area contributed by atoms with Crippen LogP contribution in [0.1, 0.15) is 23.2 Å². The zero-order valence-corrected chi connectivity index (χ0v) is 21.1. The number of nitrogens with zero attached hydrogens (tertiary/aromatic N) is 4. The molecule has 1 aliphatic heterocycles. The van der Waals surface area contributed by atoms with Crippen LogP contribution in [0.5, 0.6) is 5.75 Å². The number of nitrogens with one attached hydrogen (secondary N) is 1. The van der Waals surface area contributed by atoms with Gasteiger partial charge in [-0.15, -0.1) is 0 Å². The molecule has 8 nitrogen and oxygen atoms in total. The number of carbonyl (C=O) groups excluding carboxylic acids is 2. The van der Waals surface area contributed by atoms with Crippen LogP contribution in [0, 0.1) is 17.1 Å². The number of rotatable bonds is 6. The number of phenols is 1. The lowest BCUT2D eigenvalue weighted by Crippen LogP contribution is -2.42. The van der Waals surface area contributed by atoms with Crippen LogP contribution in [0.3, 0.4) is 0 Å². The molecule has 2 amide bonds. The van der Waals surface area contributed by atoms with Gasteiger partial charge in [-0.05, 0) is 59.8 Å². The first kappa shape index (κ1) is 24.5. The highest BCUT2D eigenvalue weighted by Gasteiger charge is 2.34. The fourth-order valence-corrected chi connectivity index (χ4v) is 5.04. The Kier molecular flexibility index (Phi) is 6.63. The Morgan fingerprint density at radius 1 is 1.22 bits per heavy atom. The van der Waals surface area contributed by atoms with Crippen molar-refractivity contribution in [1.82, 2.24) is 14.9 Å². The summed E-state index contributed by atoms with van der Waals surface area (Å²) in [6.07, 6.45) is 3.56. The lowest BCUT2D eigenvalue weighted by molar-refractivity contribution is -0.126. The summed E-state index contributed by atoms with van der Waals surface area (Å²) in [5, 5.41) is 23.3. The number of halogens is 2. The van der Waals surface area contributed by atoms with Crippen LogP contribution in [0.25, 0.3) is 10.8 Å². The van der Waals surface area contributed by atoms with E-state index in [0.717, 1.165) is 15.2 Å². The van der Waals surface area contributed by atoms with E-state index < -0.39 is 11.9 Å². The second-order valence-corrected chi connectivity index (χ2v) is 9.67. The molecule has 1 aromatic heterocycles. The smallest absolute Gasteiger partial charge is 0.249 e. The predicted octanol–water partition coefficient (Wildman–Crippen LogP) is 4.03. The number of hydrogen-bond donors (Lipinski definition) is 2. The molecule has 1 fully saturated rings. The summed E-state index contributed by atoms with van der Waals surface area (Å²) < 4.78 is 16.5. The van der Waals surface area contributed by atoms with Crippen LogP contribution in [-0.2, 0) is 22.6 Å². The first-order valence-electron chi connectivity index (χ1n) is 11.5. The molecule has 0 aliphatic carbocycles. The second-order valence-electron chi connectivity index (χ2n) is 8.81. The van der Waals surface area contributed by atoms with Gasteiger partial charge in [0, 0.05) is 34.8 Å². The number of nitriles is 1. The van der Waals surface area contributed by atoms with Crippen molar-refractivity contribution in [3.63, 3.8) is 0 Å². The lowest BCUT2D eigenvalue weighted by Gasteiger charge is -2.20. The minimum atomic E-state index is -0.674. The molecule has 2 N–H and O–H groups in total. The molecule has 0 radical (unpaired) electrons. The van der Waals surface area contributed by atoms with Crippen LogP contribution < -0.4 is 10.2 Å². The molecule has 4 aromatic rings. The maximum atomic E-state index is 14.0. The third-order valence-electron chi connectivity index (χ3n) is 6.40. The monoisotopic (exact) mass is 561 g/mol. The van der Waals surface area contributed by atoms with Gasteiger partial charge in [0.05, 0.1) is 24.0 Å². The quantitative estimate of drug-likeness (QED) is 0.369. The molecule has 10 heteroatoms. The van der Waals surface area contributed by atoms with Crippen molar-refractivity contribution >= 4 is 44.2 Å². The molecule has 1 aliphatic rings. The number of anilines is 1. The predicted molar refractivity (Wildman–Crippen MR) is 138 cm³/mol. The number of amides is 2. The first-order chi connectivity index (χ1) is 17.8. The molecule has 1 saturated heterocycles. The number of hydrogen-bond acceptors (Lipinski definition) is 5. The van der Waals surface area contributed by atoms with E-state index in [1.54, 1.807) is 52.3 Å². The molecule has 0 bridgehead atoms. The Morgan fingerprint density at radius 3 is 2.84 bits per heavy atom. The third kappa shape index (κ3) is 4.90.